The van der Waals surface area contributed by atoms with E-state index in [1.165, 1.54) is 12.1 Å². The summed E-state index contributed by atoms with van der Waals surface area (Å²) in [5, 5.41) is 14.1. The molecular weight excluding hydrogens is 260 g/mol. The van der Waals surface area contributed by atoms with Gasteiger partial charge >= 0.3 is 0 Å². The topological polar surface area (TPSA) is 84.4 Å². The molecule has 0 saturated carbocycles. The normalized spacial score (nSPS) is 16.4. The molecule has 7 heteroatoms. The molecular formula is C13H16N4O3. The van der Waals surface area contributed by atoms with Crippen LogP contribution >= 0.6 is 0 Å². The Morgan fingerprint density at radius 3 is 2.90 bits per heavy atom. The number of nitrogens with one attached hydrogen (secondary N) is 1. The smallest absolute Gasteiger partial charge is 0.298 e. The number of nitro benzene ring substituents is 1. The van der Waals surface area contributed by atoms with Crippen LogP contribution in [0.25, 0.3) is 11.1 Å². The number of fused-ring (bicyclic) bond motifs is 1. The van der Waals surface area contributed by atoms with Gasteiger partial charge in [-0.15, -0.1) is 0 Å². The minimum atomic E-state index is -0.426. The van der Waals surface area contributed by atoms with Crippen LogP contribution in [0, 0.1) is 10.1 Å². The quantitative estimate of drug-likeness (QED) is 0.681. The highest BCUT2D eigenvalue weighted by atomic mass is 16.6. The second-order valence-electron chi connectivity index (χ2n) is 5.00. The average molecular weight is 276 g/mol. The molecule has 0 radical (unpaired) electrons. The molecule has 1 N–H and O–H groups in total. The molecule has 1 fully saturated rings. The van der Waals surface area contributed by atoms with E-state index in [4.69, 9.17) is 4.42 Å². The number of non-ortho nitro benzene ring substituents is 1. The zero-order valence-electron chi connectivity index (χ0n) is 11.2. The fraction of sp³-hybridized carbons (Fsp3) is 0.462. The van der Waals surface area contributed by atoms with E-state index >= 15 is 0 Å². The summed E-state index contributed by atoms with van der Waals surface area (Å²) in [6.45, 7) is 1.97. The van der Waals surface area contributed by atoms with Gasteiger partial charge in [0.25, 0.3) is 11.7 Å². The predicted molar refractivity (Wildman–Crippen MR) is 75.0 cm³/mol. The number of anilines is 1. The Kier molecular flexibility index (Phi) is 3.27. The molecule has 3 rings (SSSR count). The van der Waals surface area contributed by atoms with Crippen LogP contribution in [0.15, 0.2) is 22.6 Å². The summed E-state index contributed by atoms with van der Waals surface area (Å²) in [5.74, 6) is 0. The van der Waals surface area contributed by atoms with Crippen molar-refractivity contribution in [2.45, 2.75) is 18.9 Å². The minimum Gasteiger partial charge on any atom is -0.423 e. The van der Waals surface area contributed by atoms with E-state index in [9.17, 15) is 10.1 Å². The van der Waals surface area contributed by atoms with Crippen molar-refractivity contribution in [2.24, 2.45) is 0 Å². The molecule has 0 spiro atoms. The number of benzene rings is 1. The van der Waals surface area contributed by atoms with Gasteiger partial charge in [-0.1, -0.05) is 0 Å². The van der Waals surface area contributed by atoms with Crippen LogP contribution in [-0.4, -0.2) is 36.1 Å². The van der Waals surface area contributed by atoms with Crippen LogP contribution in [0.5, 0.6) is 0 Å². The summed E-state index contributed by atoms with van der Waals surface area (Å²) >= 11 is 0. The van der Waals surface area contributed by atoms with Crippen LogP contribution in [0.1, 0.15) is 12.8 Å². The maximum Gasteiger partial charge on any atom is 0.298 e. The van der Waals surface area contributed by atoms with Crippen LogP contribution in [0.4, 0.5) is 11.7 Å². The molecule has 106 valence electrons. The van der Waals surface area contributed by atoms with Gasteiger partial charge in [0.15, 0.2) is 5.58 Å². The molecule has 0 aliphatic carbocycles. The summed E-state index contributed by atoms with van der Waals surface area (Å²) in [7, 11) is 1.95. The highest BCUT2D eigenvalue weighted by Gasteiger charge is 2.22. The molecule has 1 aliphatic rings. The predicted octanol–water partition coefficient (Wildman–Crippen LogP) is 1.92. The minimum absolute atomic E-state index is 0.0295. The van der Waals surface area contributed by atoms with Gasteiger partial charge in [0.05, 0.1) is 4.92 Å². The van der Waals surface area contributed by atoms with Gasteiger partial charge in [-0.2, -0.15) is 4.98 Å². The number of nitrogens with zero attached hydrogens (tertiary/aromatic N) is 3. The highest BCUT2D eigenvalue weighted by Crippen LogP contribution is 2.27. The molecule has 2 heterocycles. The maximum absolute atomic E-state index is 10.8. The van der Waals surface area contributed by atoms with Gasteiger partial charge in [0.1, 0.15) is 5.52 Å². The van der Waals surface area contributed by atoms with Crippen molar-refractivity contribution in [2.75, 3.05) is 25.0 Å². The second-order valence-corrected chi connectivity index (χ2v) is 5.00. The zero-order valence-corrected chi connectivity index (χ0v) is 11.2. The SMILES string of the molecule is CN(c1nc2cc([N+](=O)[O-])ccc2o1)C1CCNCC1. The Bertz CT molecular complexity index is 634. The van der Waals surface area contributed by atoms with Crippen molar-refractivity contribution in [3.8, 4) is 0 Å². The monoisotopic (exact) mass is 276 g/mol. The Morgan fingerprint density at radius 1 is 1.45 bits per heavy atom. The summed E-state index contributed by atoms with van der Waals surface area (Å²) in [6, 6.07) is 5.38. The Hall–Kier alpha value is -2.15. The lowest BCUT2D eigenvalue weighted by Gasteiger charge is -2.30. The van der Waals surface area contributed by atoms with E-state index in [-0.39, 0.29) is 5.69 Å². The largest absolute Gasteiger partial charge is 0.423 e. The van der Waals surface area contributed by atoms with Crippen LogP contribution in [-0.2, 0) is 0 Å². The van der Waals surface area contributed by atoms with E-state index in [2.05, 4.69) is 10.3 Å². The first-order chi connectivity index (χ1) is 9.65. The number of hydrogen-bond acceptors (Lipinski definition) is 6. The van der Waals surface area contributed by atoms with E-state index in [1.54, 1.807) is 6.07 Å². The highest BCUT2D eigenvalue weighted by molar-refractivity contribution is 5.77. The molecule has 20 heavy (non-hydrogen) atoms. The molecule has 0 unspecified atom stereocenters. The van der Waals surface area contributed by atoms with Gasteiger partial charge in [0.2, 0.25) is 0 Å². The summed E-state index contributed by atoms with van der Waals surface area (Å²) < 4.78 is 5.69. The molecule has 1 saturated heterocycles. The van der Waals surface area contributed by atoms with E-state index in [0.717, 1.165) is 25.9 Å². The fourth-order valence-electron chi connectivity index (χ4n) is 2.52. The second kappa shape index (κ2) is 5.09. The molecule has 2 aromatic rings. The number of oxazole rings is 1. The average Bonchev–Trinajstić information content (AvgIpc) is 2.90. The van der Waals surface area contributed by atoms with Crippen molar-refractivity contribution in [1.29, 1.82) is 0 Å². The summed E-state index contributed by atoms with van der Waals surface area (Å²) in [6.07, 6.45) is 2.07. The number of piperidine rings is 1. The zero-order chi connectivity index (χ0) is 14.1. The van der Waals surface area contributed by atoms with Gasteiger partial charge in [-0.3, -0.25) is 10.1 Å². The summed E-state index contributed by atoms with van der Waals surface area (Å²) in [5.41, 5.74) is 1.13. The lowest BCUT2D eigenvalue weighted by atomic mass is 10.1. The van der Waals surface area contributed by atoms with E-state index < -0.39 is 4.92 Å². The number of hydrogen-bond donors (Lipinski definition) is 1. The molecule has 7 nitrogen and oxygen atoms in total. The fourth-order valence-corrected chi connectivity index (χ4v) is 2.52. The number of nitro groups is 1. The van der Waals surface area contributed by atoms with Crippen molar-refractivity contribution in [3.63, 3.8) is 0 Å². The molecule has 1 aliphatic heterocycles. The Labute approximate surface area is 115 Å². The maximum atomic E-state index is 10.8. The third-order valence-electron chi connectivity index (χ3n) is 3.73. The lowest BCUT2D eigenvalue weighted by molar-refractivity contribution is -0.384. The first kappa shape index (κ1) is 12.9. The van der Waals surface area contributed by atoms with Gasteiger partial charge in [0, 0.05) is 25.2 Å². The summed E-state index contributed by atoms with van der Waals surface area (Å²) in [4.78, 5) is 16.7. The van der Waals surface area contributed by atoms with Crippen LogP contribution in [0.2, 0.25) is 0 Å². The standard InChI is InChI=1S/C13H16N4O3/c1-16(9-4-6-14-7-5-9)13-15-11-8-10(17(18)19)2-3-12(11)20-13/h2-3,8-9,14H,4-7H2,1H3. The van der Waals surface area contributed by atoms with Gasteiger partial charge < -0.3 is 14.6 Å². The molecule has 0 atom stereocenters. The van der Waals surface area contributed by atoms with Crippen molar-refractivity contribution >= 4 is 22.8 Å². The van der Waals surface area contributed by atoms with Crippen LogP contribution in [0.3, 0.4) is 0 Å². The van der Waals surface area contributed by atoms with E-state index in [1.807, 2.05) is 11.9 Å². The third kappa shape index (κ3) is 2.32. The Balaban J connectivity index is 1.89. The van der Waals surface area contributed by atoms with Gasteiger partial charge in [-0.05, 0) is 32.0 Å². The van der Waals surface area contributed by atoms with Crippen molar-refractivity contribution < 1.29 is 9.34 Å². The Morgan fingerprint density at radius 2 is 2.20 bits per heavy atom. The number of rotatable bonds is 3. The lowest BCUT2D eigenvalue weighted by Crippen LogP contribution is -2.41. The van der Waals surface area contributed by atoms with Gasteiger partial charge in [-0.25, -0.2) is 0 Å². The number of aromatic nitrogens is 1. The molecule has 1 aromatic carbocycles. The molecule has 0 amide bonds. The first-order valence-corrected chi connectivity index (χ1v) is 6.63. The molecule has 0 bridgehead atoms. The first-order valence-electron chi connectivity index (χ1n) is 6.63. The van der Waals surface area contributed by atoms with Crippen molar-refractivity contribution in [1.82, 2.24) is 10.3 Å². The molecule has 1 aromatic heterocycles. The van der Waals surface area contributed by atoms with Crippen molar-refractivity contribution in [3.05, 3.63) is 28.3 Å². The third-order valence-corrected chi connectivity index (χ3v) is 3.73. The van der Waals surface area contributed by atoms with E-state index in [0.29, 0.717) is 23.2 Å². The van der Waals surface area contributed by atoms with Crippen LogP contribution < -0.4 is 10.2 Å².